The molecule has 0 aliphatic carbocycles. The Morgan fingerprint density at radius 1 is 1.40 bits per heavy atom. The third-order valence-electron chi connectivity index (χ3n) is 2.31. The van der Waals surface area contributed by atoms with Gasteiger partial charge in [0.2, 0.25) is 5.91 Å². The summed E-state index contributed by atoms with van der Waals surface area (Å²) in [5.74, 6) is -0.238. The first-order chi connectivity index (χ1) is 6.93. The van der Waals surface area contributed by atoms with Crippen LogP contribution >= 0.6 is 0 Å². The maximum Gasteiger partial charge on any atom is 0.279 e. The van der Waals surface area contributed by atoms with Crippen molar-refractivity contribution in [1.29, 1.82) is 0 Å². The summed E-state index contributed by atoms with van der Waals surface area (Å²) in [7, 11) is -0.669. The van der Waals surface area contributed by atoms with Gasteiger partial charge in [0.05, 0.1) is 0 Å². The Morgan fingerprint density at radius 2 is 2.07 bits per heavy atom. The molecular weight excluding hydrogens is 218 g/mol. The molecule has 6 nitrogen and oxygen atoms in total. The third-order valence-corrected chi connectivity index (χ3v) is 3.85. The number of carbonyl (C=O) groups is 1. The molecule has 0 aromatic rings. The molecule has 0 unspecified atom stereocenters. The molecule has 7 heteroatoms. The second-order valence-electron chi connectivity index (χ2n) is 3.74. The van der Waals surface area contributed by atoms with Crippen molar-refractivity contribution in [3.05, 3.63) is 0 Å². The Hall–Kier alpha value is -0.660. The SMILES string of the molecule is CN(C)S(=O)(=O)N[C@H]1CCCCNC1=O. The Bertz CT molecular complexity index is 326. The lowest BCUT2D eigenvalue weighted by atomic mass is 10.1. The standard InChI is InChI=1S/C8H17N3O3S/c1-11(2)15(13,14)10-7-5-3-4-6-9-8(7)12/h7,10H,3-6H2,1-2H3,(H,9,12)/t7-/m0/s1. The van der Waals surface area contributed by atoms with Crippen LogP contribution < -0.4 is 10.0 Å². The normalized spacial score (nSPS) is 23.7. The molecular formula is C8H17N3O3S. The molecule has 1 rings (SSSR count). The number of nitrogens with one attached hydrogen (secondary N) is 2. The highest BCUT2D eigenvalue weighted by atomic mass is 32.2. The zero-order chi connectivity index (χ0) is 11.5. The van der Waals surface area contributed by atoms with E-state index in [1.165, 1.54) is 14.1 Å². The highest BCUT2D eigenvalue weighted by Gasteiger charge is 2.26. The van der Waals surface area contributed by atoms with Gasteiger partial charge in [-0.25, -0.2) is 0 Å². The van der Waals surface area contributed by atoms with E-state index in [2.05, 4.69) is 10.0 Å². The number of amides is 1. The van der Waals surface area contributed by atoms with Crippen LogP contribution in [0.3, 0.4) is 0 Å². The van der Waals surface area contributed by atoms with Crippen molar-refractivity contribution < 1.29 is 13.2 Å². The zero-order valence-electron chi connectivity index (χ0n) is 8.99. The number of carbonyl (C=O) groups excluding carboxylic acids is 1. The van der Waals surface area contributed by atoms with Crippen LogP contribution in [-0.2, 0) is 15.0 Å². The molecule has 1 heterocycles. The van der Waals surface area contributed by atoms with E-state index in [0.717, 1.165) is 17.1 Å². The molecule has 0 radical (unpaired) electrons. The summed E-state index contributed by atoms with van der Waals surface area (Å²) in [6.45, 7) is 0.624. The smallest absolute Gasteiger partial charge is 0.279 e. The van der Waals surface area contributed by atoms with Crippen LogP contribution in [-0.4, -0.2) is 45.3 Å². The summed E-state index contributed by atoms with van der Waals surface area (Å²) >= 11 is 0. The molecule has 1 saturated heterocycles. The lowest BCUT2D eigenvalue weighted by Crippen LogP contribution is -2.48. The second kappa shape index (κ2) is 4.91. The number of hydrogen-bond donors (Lipinski definition) is 2. The van der Waals surface area contributed by atoms with Crippen LogP contribution in [0.25, 0.3) is 0 Å². The van der Waals surface area contributed by atoms with E-state index in [4.69, 9.17) is 0 Å². The maximum absolute atomic E-state index is 11.5. The number of nitrogens with zero attached hydrogens (tertiary/aromatic N) is 1. The van der Waals surface area contributed by atoms with E-state index >= 15 is 0 Å². The van der Waals surface area contributed by atoms with Gasteiger partial charge in [-0.05, 0) is 19.3 Å². The van der Waals surface area contributed by atoms with E-state index in [9.17, 15) is 13.2 Å². The summed E-state index contributed by atoms with van der Waals surface area (Å²) in [5.41, 5.74) is 0. The van der Waals surface area contributed by atoms with Crippen LogP contribution in [0.4, 0.5) is 0 Å². The molecule has 0 aromatic heterocycles. The summed E-state index contributed by atoms with van der Waals surface area (Å²) in [5, 5.41) is 2.67. The summed E-state index contributed by atoms with van der Waals surface area (Å²) in [6, 6.07) is -0.639. The van der Waals surface area contributed by atoms with Crippen LogP contribution in [0.15, 0.2) is 0 Å². The van der Waals surface area contributed by atoms with Crippen molar-refractivity contribution in [3.8, 4) is 0 Å². The second-order valence-corrected chi connectivity index (χ2v) is 5.66. The molecule has 0 spiro atoms. The maximum atomic E-state index is 11.5. The van der Waals surface area contributed by atoms with Crippen LogP contribution in [0.2, 0.25) is 0 Å². The Labute approximate surface area is 90.2 Å². The fraction of sp³-hybridized carbons (Fsp3) is 0.875. The zero-order valence-corrected chi connectivity index (χ0v) is 9.80. The number of rotatable bonds is 3. The lowest BCUT2D eigenvalue weighted by molar-refractivity contribution is -0.122. The highest BCUT2D eigenvalue weighted by Crippen LogP contribution is 2.07. The first-order valence-electron chi connectivity index (χ1n) is 4.91. The average molecular weight is 235 g/mol. The van der Waals surface area contributed by atoms with E-state index in [0.29, 0.717) is 13.0 Å². The molecule has 0 bridgehead atoms. The Morgan fingerprint density at radius 3 is 2.67 bits per heavy atom. The molecule has 1 fully saturated rings. The summed E-state index contributed by atoms with van der Waals surface area (Å²) in [4.78, 5) is 11.5. The van der Waals surface area contributed by atoms with Crippen LogP contribution in [0, 0.1) is 0 Å². The lowest BCUT2D eigenvalue weighted by Gasteiger charge is -2.18. The Balaban J connectivity index is 2.67. The molecule has 2 N–H and O–H groups in total. The molecule has 1 atom stereocenters. The van der Waals surface area contributed by atoms with E-state index in [-0.39, 0.29) is 5.91 Å². The van der Waals surface area contributed by atoms with Crippen molar-refractivity contribution in [2.24, 2.45) is 0 Å². The van der Waals surface area contributed by atoms with Gasteiger partial charge in [0.25, 0.3) is 10.2 Å². The highest BCUT2D eigenvalue weighted by molar-refractivity contribution is 7.87. The molecule has 0 aromatic carbocycles. The molecule has 1 amide bonds. The van der Waals surface area contributed by atoms with Crippen molar-refractivity contribution in [2.45, 2.75) is 25.3 Å². The molecule has 1 aliphatic rings. The van der Waals surface area contributed by atoms with Gasteiger partial charge >= 0.3 is 0 Å². The predicted molar refractivity (Wildman–Crippen MR) is 56.4 cm³/mol. The van der Waals surface area contributed by atoms with E-state index in [1.54, 1.807) is 0 Å². The first kappa shape index (κ1) is 12.4. The van der Waals surface area contributed by atoms with Crippen molar-refractivity contribution in [1.82, 2.24) is 14.3 Å². The minimum atomic E-state index is -3.52. The third kappa shape index (κ3) is 3.44. The van der Waals surface area contributed by atoms with E-state index < -0.39 is 16.3 Å². The van der Waals surface area contributed by atoms with E-state index in [1.807, 2.05) is 0 Å². The van der Waals surface area contributed by atoms with Crippen LogP contribution in [0.1, 0.15) is 19.3 Å². The average Bonchev–Trinajstić information content (AvgIpc) is 2.31. The molecule has 1 aliphatic heterocycles. The summed E-state index contributed by atoms with van der Waals surface area (Å²) < 4.78 is 26.4. The summed E-state index contributed by atoms with van der Waals surface area (Å²) in [6.07, 6.45) is 2.30. The molecule has 88 valence electrons. The van der Waals surface area contributed by atoms with Crippen molar-refractivity contribution >= 4 is 16.1 Å². The number of hydrogen-bond acceptors (Lipinski definition) is 3. The van der Waals surface area contributed by atoms with Gasteiger partial charge in [-0.2, -0.15) is 17.4 Å². The molecule has 0 saturated carbocycles. The van der Waals surface area contributed by atoms with Crippen molar-refractivity contribution in [2.75, 3.05) is 20.6 Å². The fourth-order valence-electron chi connectivity index (χ4n) is 1.34. The predicted octanol–water partition coefficient (Wildman–Crippen LogP) is -0.949. The quantitative estimate of drug-likeness (QED) is 0.662. The van der Waals surface area contributed by atoms with Gasteiger partial charge < -0.3 is 5.32 Å². The largest absolute Gasteiger partial charge is 0.355 e. The monoisotopic (exact) mass is 235 g/mol. The Kier molecular flexibility index (Phi) is 4.06. The molecule has 15 heavy (non-hydrogen) atoms. The van der Waals surface area contributed by atoms with Crippen molar-refractivity contribution in [3.63, 3.8) is 0 Å². The fourth-order valence-corrected chi connectivity index (χ4v) is 2.13. The van der Waals surface area contributed by atoms with Gasteiger partial charge in [0, 0.05) is 20.6 Å². The van der Waals surface area contributed by atoms with Gasteiger partial charge in [0.15, 0.2) is 0 Å². The first-order valence-corrected chi connectivity index (χ1v) is 6.35. The van der Waals surface area contributed by atoms with Crippen LogP contribution in [0.5, 0.6) is 0 Å². The van der Waals surface area contributed by atoms with Gasteiger partial charge in [-0.15, -0.1) is 0 Å². The van der Waals surface area contributed by atoms with Gasteiger partial charge in [-0.3, -0.25) is 4.79 Å². The minimum Gasteiger partial charge on any atom is -0.355 e. The van der Waals surface area contributed by atoms with Gasteiger partial charge in [0.1, 0.15) is 6.04 Å². The topological polar surface area (TPSA) is 78.5 Å². The van der Waals surface area contributed by atoms with Gasteiger partial charge in [-0.1, -0.05) is 0 Å². The minimum absolute atomic E-state index is 0.238.